The second-order valence-corrected chi connectivity index (χ2v) is 9.50. The summed E-state index contributed by atoms with van der Waals surface area (Å²) in [6, 6.07) is 7.18. The summed E-state index contributed by atoms with van der Waals surface area (Å²) < 4.78 is 19.3. The molecule has 2 aromatic rings. The lowest BCUT2D eigenvalue weighted by Gasteiger charge is -2.28. The highest BCUT2D eigenvalue weighted by Crippen LogP contribution is 2.38. The van der Waals surface area contributed by atoms with E-state index >= 15 is 0 Å². The summed E-state index contributed by atoms with van der Waals surface area (Å²) in [4.78, 5) is 8.44. The smallest absolute Gasteiger partial charge is 0.165 e. The largest absolute Gasteiger partial charge is 0.490 e. The molecule has 1 aliphatic carbocycles. The van der Waals surface area contributed by atoms with Crippen molar-refractivity contribution in [3.63, 3.8) is 0 Å². The number of aryl methyl sites for hydroxylation is 1. The molecule has 0 spiro atoms. The third-order valence-electron chi connectivity index (χ3n) is 6.40. The lowest BCUT2D eigenvalue weighted by molar-refractivity contribution is 0.0196. The van der Waals surface area contributed by atoms with E-state index in [0.29, 0.717) is 19.1 Å². The first-order valence-corrected chi connectivity index (χ1v) is 11.7. The van der Waals surface area contributed by atoms with Crippen LogP contribution >= 0.6 is 11.3 Å². The molecule has 1 aromatic heterocycles. The summed E-state index contributed by atoms with van der Waals surface area (Å²) in [5, 5.41) is 12.2. The average molecular weight is 419 g/mol. The van der Waals surface area contributed by atoms with Crippen molar-refractivity contribution in [2.24, 2.45) is 0 Å². The van der Waals surface area contributed by atoms with E-state index in [1.807, 2.05) is 6.92 Å². The fraction of sp³-hybridized carbons (Fsp3) is 0.609. The van der Waals surface area contributed by atoms with Gasteiger partial charge in [-0.25, -0.2) is 9.37 Å². The van der Waals surface area contributed by atoms with Gasteiger partial charge in [0.1, 0.15) is 10.6 Å². The molecule has 4 nitrogen and oxygen atoms in total. The summed E-state index contributed by atoms with van der Waals surface area (Å²) in [7, 11) is 0. The van der Waals surface area contributed by atoms with Gasteiger partial charge in [-0.1, -0.05) is 25.0 Å². The van der Waals surface area contributed by atoms with Crippen LogP contribution in [0.25, 0.3) is 0 Å². The van der Waals surface area contributed by atoms with E-state index in [-0.39, 0.29) is 11.6 Å². The number of benzene rings is 1. The van der Waals surface area contributed by atoms with Gasteiger partial charge in [-0.05, 0) is 57.7 Å². The van der Waals surface area contributed by atoms with Crippen molar-refractivity contribution < 1.29 is 14.2 Å². The van der Waals surface area contributed by atoms with Gasteiger partial charge in [0.05, 0.1) is 12.3 Å². The normalized spacial score (nSPS) is 24.0. The van der Waals surface area contributed by atoms with Crippen molar-refractivity contribution in [2.45, 2.75) is 69.9 Å². The molecule has 1 aliphatic heterocycles. The van der Waals surface area contributed by atoms with E-state index in [0.717, 1.165) is 47.9 Å². The van der Waals surface area contributed by atoms with E-state index in [2.05, 4.69) is 4.90 Å². The minimum atomic E-state index is -0.826. The van der Waals surface area contributed by atoms with Gasteiger partial charge >= 0.3 is 0 Å². The Bertz CT molecular complexity index is 821. The predicted octanol–water partition coefficient (Wildman–Crippen LogP) is 4.83. The fourth-order valence-electron chi connectivity index (χ4n) is 4.66. The van der Waals surface area contributed by atoms with Crippen LogP contribution in [0.3, 0.4) is 0 Å². The number of para-hydroxylation sites is 1. The Morgan fingerprint density at radius 2 is 2.00 bits per heavy atom. The van der Waals surface area contributed by atoms with Crippen LogP contribution in [-0.2, 0) is 12.0 Å². The molecule has 6 heteroatoms. The summed E-state index contributed by atoms with van der Waals surface area (Å²) in [6.45, 7) is 4.42. The maximum Gasteiger partial charge on any atom is 0.165 e. The van der Waals surface area contributed by atoms with Crippen molar-refractivity contribution in [3.8, 4) is 5.75 Å². The van der Waals surface area contributed by atoms with Crippen molar-refractivity contribution in [3.05, 3.63) is 45.7 Å². The van der Waals surface area contributed by atoms with Crippen molar-refractivity contribution in [1.82, 2.24) is 9.88 Å². The van der Waals surface area contributed by atoms with Gasteiger partial charge in [0, 0.05) is 23.9 Å². The molecule has 29 heavy (non-hydrogen) atoms. The molecule has 1 saturated carbocycles. The molecule has 1 N–H and O–H groups in total. The zero-order chi connectivity index (χ0) is 20.3. The molecule has 0 bridgehead atoms. The molecule has 1 aromatic carbocycles. The monoisotopic (exact) mass is 418 g/mol. The van der Waals surface area contributed by atoms with Crippen LogP contribution in [0.4, 0.5) is 4.39 Å². The summed E-state index contributed by atoms with van der Waals surface area (Å²) in [5.74, 6) is -0.0573. The summed E-state index contributed by atoms with van der Waals surface area (Å²) in [6.07, 6.45) is 8.50. The summed E-state index contributed by atoms with van der Waals surface area (Å²) >= 11 is 1.59. The fourth-order valence-corrected chi connectivity index (χ4v) is 5.85. The molecule has 1 saturated heterocycles. The second kappa shape index (κ2) is 9.11. The van der Waals surface area contributed by atoms with Gasteiger partial charge in [-0.3, -0.25) is 0 Å². The maximum atomic E-state index is 13.7. The van der Waals surface area contributed by atoms with Crippen LogP contribution in [0.2, 0.25) is 0 Å². The van der Waals surface area contributed by atoms with E-state index < -0.39 is 5.60 Å². The van der Waals surface area contributed by atoms with Gasteiger partial charge < -0.3 is 14.7 Å². The molecular weight excluding hydrogens is 387 g/mol. The minimum absolute atomic E-state index is 0.282. The lowest BCUT2D eigenvalue weighted by atomic mass is 9.96. The molecule has 0 unspecified atom stereocenters. The van der Waals surface area contributed by atoms with Gasteiger partial charge in [0.15, 0.2) is 11.6 Å². The second-order valence-electron chi connectivity index (χ2n) is 8.42. The van der Waals surface area contributed by atoms with Gasteiger partial charge in [0.25, 0.3) is 0 Å². The molecule has 2 aliphatic rings. The molecule has 2 heterocycles. The standard InChI is InChI=1S/C23H31FN2O2S/c1-17-21(11-16-28-20-10-5-4-9-19(20)24)29-22(25-17)23(27)12-6-14-26(15-13-23)18-7-2-3-8-18/h4-5,9-10,18,27H,2-3,6-8,11-16H2,1H3/t23-/m0/s1. The number of likely N-dealkylation sites (tertiary alicyclic amines) is 1. The number of aliphatic hydroxyl groups is 1. The third-order valence-corrected chi connectivity index (χ3v) is 7.81. The topological polar surface area (TPSA) is 45.6 Å². The SMILES string of the molecule is Cc1nc([C@]2(O)CCCN(C3CCCC3)CC2)sc1CCOc1ccccc1F. The van der Waals surface area contributed by atoms with Crippen LogP contribution in [0.15, 0.2) is 24.3 Å². The van der Waals surface area contributed by atoms with Crippen LogP contribution in [0.5, 0.6) is 5.75 Å². The highest BCUT2D eigenvalue weighted by molar-refractivity contribution is 7.11. The lowest BCUT2D eigenvalue weighted by Crippen LogP contribution is -2.35. The van der Waals surface area contributed by atoms with E-state index in [4.69, 9.17) is 9.72 Å². The first-order chi connectivity index (χ1) is 14.0. The Kier molecular flexibility index (Phi) is 6.52. The van der Waals surface area contributed by atoms with E-state index in [9.17, 15) is 9.50 Å². The Labute approximate surface area is 176 Å². The molecule has 158 valence electrons. The van der Waals surface area contributed by atoms with Crippen LogP contribution in [-0.4, -0.2) is 40.7 Å². The third kappa shape index (κ3) is 4.81. The maximum absolute atomic E-state index is 13.7. The molecule has 4 rings (SSSR count). The zero-order valence-electron chi connectivity index (χ0n) is 17.2. The summed E-state index contributed by atoms with van der Waals surface area (Å²) in [5.41, 5.74) is 0.125. The molecule has 2 fully saturated rings. The first-order valence-electron chi connectivity index (χ1n) is 10.9. The average Bonchev–Trinajstić information content (AvgIpc) is 3.32. The van der Waals surface area contributed by atoms with Gasteiger partial charge in [-0.2, -0.15) is 0 Å². The first kappa shape index (κ1) is 20.8. The molecule has 1 atom stereocenters. The van der Waals surface area contributed by atoms with Crippen LogP contribution in [0, 0.1) is 12.7 Å². The van der Waals surface area contributed by atoms with Crippen LogP contribution in [0.1, 0.15) is 60.5 Å². The van der Waals surface area contributed by atoms with Crippen LogP contribution < -0.4 is 4.74 Å². The number of nitrogens with zero attached hydrogens (tertiary/aromatic N) is 2. The number of hydrogen-bond donors (Lipinski definition) is 1. The number of rotatable bonds is 6. The molecule has 0 amide bonds. The number of thiazole rings is 1. The molecular formula is C23H31FN2O2S. The number of aromatic nitrogens is 1. The predicted molar refractivity (Wildman–Crippen MR) is 114 cm³/mol. The van der Waals surface area contributed by atoms with Gasteiger partial charge in [0.2, 0.25) is 0 Å². The molecule has 0 radical (unpaired) electrons. The Morgan fingerprint density at radius 3 is 2.79 bits per heavy atom. The van der Waals surface area contributed by atoms with Gasteiger partial charge in [-0.15, -0.1) is 11.3 Å². The van der Waals surface area contributed by atoms with Crippen molar-refractivity contribution in [2.75, 3.05) is 19.7 Å². The minimum Gasteiger partial charge on any atom is -0.490 e. The highest BCUT2D eigenvalue weighted by atomic mass is 32.1. The highest BCUT2D eigenvalue weighted by Gasteiger charge is 2.37. The van der Waals surface area contributed by atoms with E-state index in [1.165, 1.54) is 31.7 Å². The Morgan fingerprint density at radius 1 is 1.21 bits per heavy atom. The quantitative estimate of drug-likeness (QED) is 0.730. The Hall–Kier alpha value is -1.50. The van der Waals surface area contributed by atoms with Crippen molar-refractivity contribution in [1.29, 1.82) is 0 Å². The van der Waals surface area contributed by atoms with Crippen molar-refractivity contribution >= 4 is 11.3 Å². The number of halogens is 1. The Balaban J connectivity index is 1.38. The zero-order valence-corrected chi connectivity index (χ0v) is 18.0. The van der Waals surface area contributed by atoms with E-state index in [1.54, 1.807) is 29.5 Å². The number of hydrogen-bond acceptors (Lipinski definition) is 5. The number of ether oxygens (including phenoxy) is 1.